The summed E-state index contributed by atoms with van der Waals surface area (Å²) in [6.45, 7) is 15.6. The van der Waals surface area contributed by atoms with E-state index in [1.165, 1.54) is 5.56 Å². The summed E-state index contributed by atoms with van der Waals surface area (Å²) in [5.41, 5.74) is 3.24. The zero-order chi connectivity index (χ0) is 20.0. The van der Waals surface area contributed by atoms with Gasteiger partial charge < -0.3 is 0 Å². The lowest BCUT2D eigenvalue weighted by molar-refractivity contribution is -0.135. The molecule has 1 N–H and O–H groups in total. The molecule has 2 amide bonds. The highest BCUT2D eigenvalue weighted by atomic mass is 16.2. The lowest BCUT2D eigenvalue weighted by atomic mass is 10.00. The molecular formula is C21H35NO3. The zero-order valence-corrected chi connectivity index (χ0v) is 17.2. The molecule has 1 unspecified atom stereocenters. The van der Waals surface area contributed by atoms with Gasteiger partial charge in [0.15, 0.2) is 5.78 Å². The molecule has 0 radical (unpaired) electrons. The van der Waals surface area contributed by atoms with E-state index in [9.17, 15) is 14.4 Å². The number of Topliss-reactive ketones (excluding diaryl/α,β-unsaturated/α-hetero) is 1. The molecule has 1 atom stereocenters. The number of carbonyl (C=O) groups excluding carboxylic acids is 3. The number of hydrogen-bond acceptors (Lipinski definition) is 3. The number of nitrogens with one attached hydrogen (secondary N) is 1. The Labute approximate surface area is 153 Å². The largest absolute Gasteiger partial charge is 0.296 e. The van der Waals surface area contributed by atoms with Crippen LogP contribution in [-0.4, -0.2) is 17.6 Å². The van der Waals surface area contributed by atoms with Crippen molar-refractivity contribution in [3.63, 3.8) is 0 Å². The maximum absolute atomic E-state index is 11.1. The summed E-state index contributed by atoms with van der Waals surface area (Å²) >= 11 is 0. The molecule has 0 saturated carbocycles. The first-order chi connectivity index (χ1) is 11.8. The summed E-state index contributed by atoms with van der Waals surface area (Å²) < 4.78 is 0. The molecular weight excluding hydrogens is 314 g/mol. The van der Waals surface area contributed by atoms with Crippen LogP contribution in [0.15, 0.2) is 18.2 Å². The third-order valence-corrected chi connectivity index (χ3v) is 3.54. The lowest BCUT2D eigenvalue weighted by Crippen LogP contribution is -2.39. The molecule has 1 aromatic rings. The van der Waals surface area contributed by atoms with Crippen molar-refractivity contribution in [2.24, 2.45) is 5.92 Å². The molecule has 0 aromatic heterocycles. The van der Waals surface area contributed by atoms with Gasteiger partial charge in [-0.15, -0.1) is 0 Å². The van der Waals surface area contributed by atoms with Gasteiger partial charge in [0.05, 0.1) is 0 Å². The van der Waals surface area contributed by atoms with Crippen LogP contribution in [0.4, 0.5) is 0 Å². The second kappa shape index (κ2) is 14.4. The average molecular weight is 350 g/mol. The van der Waals surface area contributed by atoms with Crippen LogP contribution >= 0.6 is 0 Å². The van der Waals surface area contributed by atoms with Crippen LogP contribution in [0.3, 0.4) is 0 Å². The Kier molecular flexibility index (Phi) is 14.5. The van der Waals surface area contributed by atoms with Crippen LogP contribution in [0.2, 0.25) is 0 Å². The minimum atomic E-state index is -0.141. The van der Waals surface area contributed by atoms with E-state index in [0.29, 0.717) is 12.8 Å². The van der Waals surface area contributed by atoms with Crippen molar-refractivity contribution in [2.75, 3.05) is 0 Å². The minimum absolute atomic E-state index is 0.0164. The summed E-state index contributed by atoms with van der Waals surface area (Å²) in [4.78, 5) is 32.3. The van der Waals surface area contributed by atoms with Crippen LogP contribution in [-0.2, 0) is 16.0 Å². The number of benzene rings is 1. The SMILES string of the molecule is CC.CC.CC1CCC(=O)NC1=O.CCc1cc(C)ccc1C(C)=O. The number of aryl methyl sites for hydroxylation is 2. The van der Waals surface area contributed by atoms with E-state index in [1.807, 2.05) is 53.7 Å². The topological polar surface area (TPSA) is 63.2 Å². The number of amides is 2. The molecule has 1 aliphatic heterocycles. The van der Waals surface area contributed by atoms with Gasteiger partial charge in [-0.05, 0) is 32.3 Å². The summed E-state index contributed by atoms with van der Waals surface area (Å²) in [5.74, 6) is -0.0982. The molecule has 0 aliphatic carbocycles. The Morgan fingerprint density at radius 2 is 1.72 bits per heavy atom. The van der Waals surface area contributed by atoms with E-state index in [-0.39, 0.29) is 23.5 Å². The van der Waals surface area contributed by atoms with Crippen molar-refractivity contribution in [2.45, 2.75) is 74.7 Å². The van der Waals surface area contributed by atoms with Crippen LogP contribution < -0.4 is 5.32 Å². The van der Waals surface area contributed by atoms with Crippen LogP contribution in [0.5, 0.6) is 0 Å². The molecule has 0 spiro atoms. The highest BCUT2D eigenvalue weighted by Crippen LogP contribution is 2.12. The molecule has 142 valence electrons. The fourth-order valence-corrected chi connectivity index (χ4v) is 2.16. The maximum atomic E-state index is 11.1. The van der Waals surface area contributed by atoms with Crippen LogP contribution in [0.1, 0.15) is 82.8 Å². The van der Waals surface area contributed by atoms with E-state index < -0.39 is 0 Å². The second-order valence-corrected chi connectivity index (χ2v) is 5.42. The van der Waals surface area contributed by atoms with Crippen LogP contribution in [0.25, 0.3) is 0 Å². The summed E-state index contributed by atoms with van der Waals surface area (Å²) in [6.07, 6.45) is 2.12. The molecule has 1 fully saturated rings. The third kappa shape index (κ3) is 9.80. The fraction of sp³-hybridized carbons (Fsp3) is 0.571. The van der Waals surface area contributed by atoms with Gasteiger partial charge in [0.25, 0.3) is 0 Å². The number of piperidine rings is 1. The number of carbonyl (C=O) groups is 3. The maximum Gasteiger partial charge on any atom is 0.229 e. The number of ketones is 1. The van der Waals surface area contributed by atoms with E-state index >= 15 is 0 Å². The van der Waals surface area contributed by atoms with Crippen molar-refractivity contribution >= 4 is 17.6 Å². The van der Waals surface area contributed by atoms with Gasteiger partial charge in [0.1, 0.15) is 0 Å². The van der Waals surface area contributed by atoms with Gasteiger partial charge in [-0.3, -0.25) is 19.7 Å². The average Bonchev–Trinajstić information content (AvgIpc) is 2.62. The normalized spacial score (nSPS) is 15.3. The standard InChI is InChI=1S/C11H14O.C6H9NO2.2C2H6/c1-4-10-7-8(2)5-6-11(10)9(3)12;1-4-2-3-5(8)7-6(4)9;2*1-2/h5-7H,4H2,1-3H3;4H,2-3H2,1H3,(H,7,8,9);2*1-2H3. The zero-order valence-electron chi connectivity index (χ0n) is 17.2. The first kappa shape index (κ1) is 25.3. The molecule has 4 nitrogen and oxygen atoms in total. The van der Waals surface area contributed by atoms with Crippen molar-refractivity contribution in [1.29, 1.82) is 0 Å². The van der Waals surface area contributed by atoms with E-state index in [2.05, 4.69) is 18.3 Å². The molecule has 1 heterocycles. The third-order valence-electron chi connectivity index (χ3n) is 3.54. The van der Waals surface area contributed by atoms with E-state index in [1.54, 1.807) is 6.92 Å². The smallest absolute Gasteiger partial charge is 0.229 e. The Balaban J connectivity index is 0. The fourth-order valence-electron chi connectivity index (χ4n) is 2.16. The minimum Gasteiger partial charge on any atom is -0.296 e. The summed E-state index contributed by atoms with van der Waals surface area (Å²) in [7, 11) is 0. The summed E-state index contributed by atoms with van der Waals surface area (Å²) in [5, 5.41) is 2.25. The monoisotopic (exact) mass is 349 g/mol. The highest BCUT2D eigenvalue weighted by molar-refractivity contribution is 5.98. The first-order valence-electron chi connectivity index (χ1n) is 9.29. The number of hydrogen-bond donors (Lipinski definition) is 1. The van der Waals surface area contributed by atoms with Gasteiger partial charge in [0, 0.05) is 17.9 Å². The van der Waals surface area contributed by atoms with Gasteiger partial charge in [0.2, 0.25) is 11.8 Å². The number of rotatable bonds is 2. The van der Waals surface area contributed by atoms with Gasteiger partial charge in [-0.2, -0.15) is 0 Å². The Morgan fingerprint density at radius 1 is 1.16 bits per heavy atom. The predicted molar refractivity (Wildman–Crippen MR) is 105 cm³/mol. The molecule has 4 heteroatoms. The predicted octanol–water partition coefficient (Wildman–Crippen LogP) is 4.87. The van der Waals surface area contributed by atoms with E-state index in [4.69, 9.17) is 0 Å². The Hall–Kier alpha value is -1.97. The van der Waals surface area contributed by atoms with E-state index in [0.717, 1.165) is 17.5 Å². The van der Waals surface area contributed by atoms with Gasteiger partial charge >= 0.3 is 0 Å². The number of imide groups is 1. The second-order valence-electron chi connectivity index (χ2n) is 5.42. The van der Waals surface area contributed by atoms with Crippen molar-refractivity contribution in [3.05, 3.63) is 34.9 Å². The molecule has 1 aromatic carbocycles. The Bertz CT molecular complexity index is 550. The summed E-state index contributed by atoms with van der Waals surface area (Å²) in [6, 6.07) is 5.98. The molecule has 1 aliphatic rings. The molecule has 0 bridgehead atoms. The molecule has 1 saturated heterocycles. The van der Waals surface area contributed by atoms with Gasteiger partial charge in [-0.25, -0.2) is 0 Å². The molecule has 2 rings (SSSR count). The quantitative estimate of drug-likeness (QED) is 0.612. The molecule has 25 heavy (non-hydrogen) atoms. The van der Waals surface area contributed by atoms with Crippen molar-refractivity contribution < 1.29 is 14.4 Å². The van der Waals surface area contributed by atoms with Crippen LogP contribution in [0, 0.1) is 12.8 Å². The first-order valence-corrected chi connectivity index (χ1v) is 9.29. The van der Waals surface area contributed by atoms with Gasteiger partial charge in [-0.1, -0.05) is 65.3 Å². The Morgan fingerprint density at radius 3 is 2.12 bits per heavy atom. The van der Waals surface area contributed by atoms with Crippen molar-refractivity contribution in [1.82, 2.24) is 5.32 Å². The highest BCUT2D eigenvalue weighted by Gasteiger charge is 2.21. The lowest BCUT2D eigenvalue weighted by Gasteiger charge is -2.15. The van der Waals surface area contributed by atoms with Crippen molar-refractivity contribution in [3.8, 4) is 0 Å².